The van der Waals surface area contributed by atoms with Gasteiger partial charge in [-0.05, 0) is 67.4 Å². The highest BCUT2D eigenvalue weighted by molar-refractivity contribution is 6.31. The fourth-order valence-electron chi connectivity index (χ4n) is 3.78. The Morgan fingerprint density at radius 3 is 2.59 bits per heavy atom. The zero-order chi connectivity index (χ0) is 24.5. The van der Waals surface area contributed by atoms with Crippen molar-refractivity contribution < 1.29 is 29.0 Å². The minimum Gasteiger partial charge on any atom is -0.507 e. The van der Waals surface area contributed by atoms with Crippen LogP contribution in [0.5, 0.6) is 17.2 Å². The summed E-state index contributed by atoms with van der Waals surface area (Å²) in [4.78, 5) is 36.7. The molecule has 34 heavy (non-hydrogen) atoms. The highest BCUT2D eigenvalue weighted by atomic mass is 35.5. The summed E-state index contributed by atoms with van der Waals surface area (Å²) >= 11 is 5.87. The van der Waals surface area contributed by atoms with Crippen molar-refractivity contribution >= 4 is 29.4 Å². The lowest BCUT2D eigenvalue weighted by Gasteiger charge is -2.20. The Balaban J connectivity index is 1.63. The summed E-state index contributed by atoms with van der Waals surface area (Å²) in [6, 6.07) is 16.2. The number of hydrogen-bond acceptors (Lipinski definition) is 6. The van der Waals surface area contributed by atoms with E-state index < -0.39 is 17.6 Å². The Morgan fingerprint density at radius 1 is 1.12 bits per heavy atom. The van der Waals surface area contributed by atoms with E-state index in [9.17, 15) is 19.5 Å². The van der Waals surface area contributed by atoms with Gasteiger partial charge in [0.05, 0.1) is 5.56 Å². The van der Waals surface area contributed by atoms with Gasteiger partial charge in [0.2, 0.25) is 5.60 Å². The van der Waals surface area contributed by atoms with Gasteiger partial charge in [-0.15, -0.1) is 0 Å². The standard InChI is InChI=1S/C26H22ClNO6/c1-3-5-15-12-16(23(30)20-10-9-18(27)14-21(20)29)8-11-22(15)33-19-7-4-6-17(13-19)26(2)24(31)28-25(32)34-26/h4,6-14,29H,3,5H2,1-2H3,(H,28,31,32)/t26-/m1/s1. The maximum atomic E-state index is 13.0. The lowest BCUT2D eigenvalue weighted by molar-refractivity contribution is -0.130. The molecule has 1 fully saturated rings. The first-order valence-corrected chi connectivity index (χ1v) is 11.1. The summed E-state index contributed by atoms with van der Waals surface area (Å²) in [6.07, 6.45) is 0.672. The lowest BCUT2D eigenvalue weighted by Crippen LogP contribution is -2.33. The van der Waals surface area contributed by atoms with E-state index >= 15 is 0 Å². The van der Waals surface area contributed by atoms with Crippen LogP contribution in [0.2, 0.25) is 5.02 Å². The number of phenolic OH excluding ortho intramolecular Hbond substituents is 1. The van der Waals surface area contributed by atoms with Gasteiger partial charge in [-0.3, -0.25) is 14.9 Å². The highest BCUT2D eigenvalue weighted by Crippen LogP contribution is 2.34. The van der Waals surface area contributed by atoms with Crippen molar-refractivity contribution in [2.45, 2.75) is 32.3 Å². The van der Waals surface area contributed by atoms with Gasteiger partial charge in [-0.2, -0.15) is 0 Å². The molecule has 1 atom stereocenters. The Morgan fingerprint density at radius 2 is 1.91 bits per heavy atom. The maximum Gasteiger partial charge on any atom is 0.415 e. The monoisotopic (exact) mass is 479 g/mol. The normalized spacial score (nSPS) is 17.3. The quantitative estimate of drug-likeness (QED) is 0.434. The molecule has 0 aromatic heterocycles. The number of benzene rings is 3. The zero-order valence-corrected chi connectivity index (χ0v) is 19.3. The molecule has 4 rings (SSSR count). The van der Waals surface area contributed by atoms with Crippen LogP contribution in [0.15, 0.2) is 60.7 Å². The number of carbonyl (C=O) groups excluding carboxylic acids is 3. The molecule has 1 saturated heterocycles. The topological polar surface area (TPSA) is 102 Å². The van der Waals surface area contributed by atoms with E-state index in [2.05, 4.69) is 5.32 Å². The van der Waals surface area contributed by atoms with Crippen molar-refractivity contribution in [3.63, 3.8) is 0 Å². The van der Waals surface area contributed by atoms with Crippen LogP contribution in [0, 0.1) is 0 Å². The number of ether oxygens (including phenoxy) is 2. The molecule has 7 nitrogen and oxygen atoms in total. The van der Waals surface area contributed by atoms with Crippen molar-refractivity contribution in [2.24, 2.45) is 0 Å². The number of carbonyl (C=O) groups is 3. The van der Waals surface area contributed by atoms with Crippen molar-refractivity contribution in [1.29, 1.82) is 0 Å². The van der Waals surface area contributed by atoms with Crippen LogP contribution in [0.25, 0.3) is 0 Å². The number of aromatic hydroxyl groups is 1. The second kappa shape index (κ2) is 9.19. The van der Waals surface area contributed by atoms with E-state index in [0.717, 1.165) is 12.0 Å². The predicted molar refractivity (Wildman–Crippen MR) is 125 cm³/mol. The molecule has 3 aromatic rings. The maximum absolute atomic E-state index is 13.0. The third-order valence-corrected chi connectivity index (χ3v) is 5.84. The molecule has 2 N–H and O–H groups in total. The summed E-state index contributed by atoms with van der Waals surface area (Å²) in [6.45, 7) is 3.53. The predicted octanol–water partition coefficient (Wildman–Crippen LogP) is 5.50. The highest BCUT2D eigenvalue weighted by Gasteiger charge is 2.46. The van der Waals surface area contributed by atoms with Crippen LogP contribution in [0.4, 0.5) is 4.79 Å². The second-order valence-corrected chi connectivity index (χ2v) is 8.51. The van der Waals surface area contributed by atoms with Gasteiger partial charge in [-0.25, -0.2) is 4.79 Å². The van der Waals surface area contributed by atoms with Gasteiger partial charge in [-0.1, -0.05) is 37.1 Å². The molecule has 1 aliphatic rings. The second-order valence-electron chi connectivity index (χ2n) is 8.07. The number of ketones is 1. The number of cyclic esters (lactones) is 1. The zero-order valence-electron chi connectivity index (χ0n) is 18.6. The third kappa shape index (κ3) is 4.47. The van der Waals surface area contributed by atoms with Crippen LogP contribution in [0.1, 0.15) is 47.3 Å². The molecule has 3 aromatic carbocycles. The van der Waals surface area contributed by atoms with Gasteiger partial charge in [0, 0.05) is 16.1 Å². The summed E-state index contributed by atoms with van der Waals surface area (Å²) < 4.78 is 11.3. The number of imide groups is 1. The molecule has 0 aliphatic carbocycles. The van der Waals surface area contributed by atoms with E-state index in [1.165, 1.54) is 19.1 Å². The van der Waals surface area contributed by atoms with Crippen LogP contribution < -0.4 is 10.1 Å². The number of hydrogen-bond donors (Lipinski definition) is 2. The van der Waals surface area contributed by atoms with Crippen LogP contribution in [-0.4, -0.2) is 22.9 Å². The molecule has 2 amide bonds. The molecule has 174 valence electrons. The first-order valence-electron chi connectivity index (χ1n) is 10.7. The van der Waals surface area contributed by atoms with E-state index in [1.807, 2.05) is 6.92 Å². The first kappa shape index (κ1) is 23.3. The van der Waals surface area contributed by atoms with Crippen LogP contribution in [0.3, 0.4) is 0 Å². The molecular formula is C26H22ClNO6. The smallest absolute Gasteiger partial charge is 0.415 e. The Kier molecular flexibility index (Phi) is 6.30. The number of amides is 2. The van der Waals surface area contributed by atoms with E-state index in [-0.39, 0.29) is 17.1 Å². The van der Waals surface area contributed by atoms with Crippen LogP contribution >= 0.6 is 11.6 Å². The number of rotatable bonds is 7. The van der Waals surface area contributed by atoms with Gasteiger partial charge >= 0.3 is 6.09 Å². The molecule has 1 heterocycles. The fraction of sp³-hybridized carbons (Fsp3) is 0.192. The largest absolute Gasteiger partial charge is 0.507 e. The SMILES string of the molecule is CCCc1cc(C(=O)c2ccc(Cl)cc2O)ccc1Oc1cccc([C@@]2(C)OC(=O)NC2=O)c1. The van der Waals surface area contributed by atoms with E-state index in [4.69, 9.17) is 21.1 Å². The van der Waals surface area contributed by atoms with Crippen molar-refractivity contribution in [2.75, 3.05) is 0 Å². The molecule has 0 spiro atoms. The fourth-order valence-corrected chi connectivity index (χ4v) is 3.95. The molecule has 8 heteroatoms. The van der Waals surface area contributed by atoms with Gasteiger partial charge in [0.25, 0.3) is 5.91 Å². The average Bonchev–Trinajstić information content (AvgIpc) is 3.07. The number of aryl methyl sites for hydroxylation is 1. The van der Waals surface area contributed by atoms with Crippen molar-refractivity contribution in [1.82, 2.24) is 5.32 Å². The van der Waals surface area contributed by atoms with Crippen molar-refractivity contribution in [3.05, 3.63) is 87.9 Å². The number of nitrogens with one attached hydrogen (secondary N) is 1. The molecule has 0 radical (unpaired) electrons. The summed E-state index contributed by atoms with van der Waals surface area (Å²) in [5.74, 6) is -0.0660. The Labute approximate surface area is 201 Å². The molecule has 0 saturated carbocycles. The molecular weight excluding hydrogens is 458 g/mol. The minimum atomic E-state index is -1.44. The summed E-state index contributed by atoms with van der Waals surface area (Å²) in [5.41, 5.74) is 0.397. The average molecular weight is 480 g/mol. The minimum absolute atomic E-state index is 0.158. The van der Waals surface area contributed by atoms with E-state index in [1.54, 1.807) is 48.5 Å². The van der Waals surface area contributed by atoms with Gasteiger partial charge < -0.3 is 14.6 Å². The first-order chi connectivity index (χ1) is 16.2. The van der Waals surface area contributed by atoms with Gasteiger partial charge in [0.15, 0.2) is 5.78 Å². The lowest BCUT2D eigenvalue weighted by atomic mass is 9.95. The number of halogens is 1. The van der Waals surface area contributed by atoms with Gasteiger partial charge in [0.1, 0.15) is 17.2 Å². The molecule has 1 aliphatic heterocycles. The third-order valence-electron chi connectivity index (χ3n) is 5.60. The summed E-state index contributed by atoms with van der Waals surface area (Å²) in [5, 5.41) is 12.6. The number of alkyl carbamates (subject to hydrolysis) is 1. The Hall–Kier alpha value is -3.84. The Bertz CT molecular complexity index is 1300. The molecule has 0 bridgehead atoms. The van der Waals surface area contributed by atoms with Crippen LogP contribution in [-0.2, 0) is 21.6 Å². The number of phenols is 1. The molecule has 0 unspecified atom stereocenters. The summed E-state index contributed by atoms with van der Waals surface area (Å²) in [7, 11) is 0. The van der Waals surface area contributed by atoms with Crippen molar-refractivity contribution in [3.8, 4) is 17.2 Å². The van der Waals surface area contributed by atoms with E-state index in [0.29, 0.717) is 34.1 Å².